The minimum atomic E-state index is -0.675. The first-order chi connectivity index (χ1) is 17.5. The molecule has 2 aromatic heterocycles. The summed E-state index contributed by atoms with van der Waals surface area (Å²) in [6.07, 6.45) is 3.16. The summed E-state index contributed by atoms with van der Waals surface area (Å²) in [5.74, 6) is -1.10. The molecule has 5 rings (SSSR count). The fourth-order valence-electron chi connectivity index (χ4n) is 4.21. The number of hydrogen-bond acceptors (Lipinski definition) is 11. The van der Waals surface area contributed by atoms with Gasteiger partial charge in [-0.2, -0.15) is 5.26 Å². The van der Waals surface area contributed by atoms with Gasteiger partial charge in [0.2, 0.25) is 11.0 Å². The number of hydrogen-bond donors (Lipinski definition) is 2. The van der Waals surface area contributed by atoms with Gasteiger partial charge in [0.15, 0.2) is 15.3 Å². The third-order valence-corrected chi connectivity index (χ3v) is 8.44. The molecule has 182 valence electrons. The summed E-state index contributed by atoms with van der Waals surface area (Å²) in [7, 11) is 0. The Balaban J connectivity index is 1.45. The zero-order valence-corrected chi connectivity index (χ0v) is 21.1. The van der Waals surface area contributed by atoms with Crippen molar-refractivity contribution in [2.75, 3.05) is 16.0 Å². The minimum absolute atomic E-state index is 0.0752. The SMILES string of the molecule is N#CC1=C(N)N(c2nnc(SCC(=O)Nc3nccs3)s2)C2=C(C(=O)CCC2)C1c1ccc(F)cc1. The van der Waals surface area contributed by atoms with E-state index in [1.807, 2.05) is 0 Å². The molecule has 9 nitrogen and oxygen atoms in total. The van der Waals surface area contributed by atoms with Gasteiger partial charge in [-0.25, -0.2) is 9.37 Å². The monoisotopic (exact) mass is 539 g/mol. The summed E-state index contributed by atoms with van der Waals surface area (Å²) in [5, 5.41) is 23.9. The van der Waals surface area contributed by atoms with Crippen molar-refractivity contribution in [1.82, 2.24) is 15.2 Å². The van der Waals surface area contributed by atoms with Gasteiger partial charge in [0, 0.05) is 29.3 Å². The first-order valence-electron chi connectivity index (χ1n) is 10.8. The van der Waals surface area contributed by atoms with E-state index >= 15 is 0 Å². The number of nitrogens with zero attached hydrogens (tertiary/aromatic N) is 5. The van der Waals surface area contributed by atoms with Crippen LogP contribution in [0.25, 0.3) is 0 Å². The van der Waals surface area contributed by atoms with Crippen molar-refractivity contribution in [2.24, 2.45) is 5.73 Å². The Hall–Kier alpha value is -3.60. The Morgan fingerprint density at radius 3 is 2.83 bits per heavy atom. The molecule has 1 aromatic carbocycles. The number of Topliss-reactive ketones (excluding diaryl/α,β-unsaturated/α-hetero) is 1. The summed E-state index contributed by atoms with van der Waals surface area (Å²) < 4.78 is 14.1. The van der Waals surface area contributed by atoms with Crippen molar-refractivity contribution in [1.29, 1.82) is 5.26 Å². The highest BCUT2D eigenvalue weighted by molar-refractivity contribution is 8.01. The van der Waals surface area contributed by atoms with Gasteiger partial charge in [-0.1, -0.05) is 35.2 Å². The first kappa shape index (κ1) is 24.1. The molecule has 0 spiro atoms. The number of aromatic nitrogens is 3. The van der Waals surface area contributed by atoms with Gasteiger partial charge in [0.05, 0.1) is 23.3 Å². The number of amides is 1. The van der Waals surface area contributed by atoms with Gasteiger partial charge in [-0.15, -0.1) is 21.5 Å². The van der Waals surface area contributed by atoms with E-state index in [2.05, 4.69) is 26.6 Å². The number of anilines is 2. The van der Waals surface area contributed by atoms with Crippen molar-refractivity contribution < 1.29 is 14.0 Å². The summed E-state index contributed by atoms with van der Waals surface area (Å²) in [5.41, 5.74) is 8.48. The number of ketones is 1. The first-order valence-corrected chi connectivity index (χ1v) is 13.5. The molecule has 1 atom stereocenters. The molecule has 1 unspecified atom stereocenters. The van der Waals surface area contributed by atoms with Crippen LogP contribution >= 0.6 is 34.4 Å². The molecule has 13 heteroatoms. The van der Waals surface area contributed by atoms with Gasteiger partial charge < -0.3 is 11.1 Å². The van der Waals surface area contributed by atoms with Crippen LogP contribution in [-0.2, 0) is 9.59 Å². The lowest BCUT2D eigenvalue weighted by atomic mass is 9.76. The molecular formula is C23H18FN7O2S3. The van der Waals surface area contributed by atoms with E-state index in [0.29, 0.717) is 50.7 Å². The Bertz CT molecular complexity index is 1420. The zero-order valence-electron chi connectivity index (χ0n) is 18.6. The van der Waals surface area contributed by atoms with E-state index in [1.165, 1.54) is 46.6 Å². The molecule has 3 heterocycles. The Morgan fingerprint density at radius 2 is 2.11 bits per heavy atom. The number of nitriles is 1. The molecule has 3 N–H and O–H groups in total. The van der Waals surface area contributed by atoms with Crippen LogP contribution in [0.5, 0.6) is 0 Å². The standard InChI is InChI=1S/C23H18FN7O2S3/c24-13-6-4-12(5-7-13)18-14(10-25)20(26)31(15-2-1-3-16(32)19(15)18)22-29-30-23(36-22)35-11-17(33)28-21-27-8-9-34-21/h4-9,18H,1-3,11,26H2,(H,27,28,33). The van der Waals surface area contributed by atoms with Crippen molar-refractivity contribution in [3.8, 4) is 6.07 Å². The predicted octanol–water partition coefficient (Wildman–Crippen LogP) is 4.17. The maximum atomic E-state index is 13.6. The zero-order chi connectivity index (χ0) is 25.2. The number of carbonyl (C=O) groups is 2. The lowest BCUT2D eigenvalue weighted by molar-refractivity contribution is -0.116. The van der Waals surface area contributed by atoms with Crippen LogP contribution in [0.1, 0.15) is 30.7 Å². The average Bonchev–Trinajstić information content (AvgIpc) is 3.55. The van der Waals surface area contributed by atoms with Gasteiger partial charge in [-0.3, -0.25) is 14.5 Å². The average molecular weight is 540 g/mol. The number of thiazole rings is 1. The molecule has 1 aliphatic carbocycles. The van der Waals surface area contributed by atoms with E-state index in [0.717, 1.165) is 0 Å². The van der Waals surface area contributed by atoms with Crippen LogP contribution < -0.4 is 16.0 Å². The summed E-state index contributed by atoms with van der Waals surface area (Å²) in [6, 6.07) is 7.92. The van der Waals surface area contributed by atoms with Crippen LogP contribution in [0.15, 0.2) is 62.8 Å². The fraction of sp³-hybridized carbons (Fsp3) is 0.217. The van der Waals surface area contributed by atoms with E-state index in [4.69, 9.17) is 5.73 Å². The number of halogens is 1. The van der Waals surface area contributed by atoms with Gasteiger partial charge in [0.25, 0.3) is 0 Å². The molecule has 0 fully saturated rings. The van der Waals surface area contributed by atoms with E-state index in [9.17, 15) is 19.2 Å². The van der Waals surface area contributed by atoms with Gasteiger partial charge >= 0.3 is 0 Å². The number of nitrogens with one attached hydrogen (secondary N) is 1. The molecule has 1 amide bonds. The fourth-order valence-corrected chi connectivity index (χ4v) is 6.44. The van der Waals surface area contributed by atoms with Crippen LogP contribution in [0.3, 0.4) is 0 Å². The number of benzene rings is 1. The largest absolute Gasteiger partial charge is 0.384 e. The Morgan fingerprint density at radius 1 is 1.31 bits per heavy atom. The van der Waals surface area contributed by atoms with Crippen molar-refractivity contribution in [2.45, 2.75) is 29.5 Å². The lowest BCUT2D eigenvalue weighted by Gasteiger charge is -2.38. The molecule has 1 aliphatic heterocycles. The van der Waals surface area contributed by atoms with E-state index < -0.39 is 11.7 Å². The van der Waals surface area contributed by atoms with Crippen LogP contribution in [0.4, 0.5) is 14.7 Å². The quantitative estimate of drug-likeness (QED) is 0.442. The second-order valence-corrected chi connectivity index (χ2v) is 11.0. The molecule has 0 saturated carbocycles. The second kappa shape index (κ2) is 10.2. The van der Waals surface area contributed by atoms with Crippen molar-refractivity contribution in [3.63, 3.8) is 0 Å². The number of carbonyl (C=O) groups excluding carboxylic acids is 2. The highest BCUT2D eigenvalue weighted by Gasteiger charge is 2.41. The summed E-state index contributed by atoms with van der Waals surface area (Å²) >= 11 is 3.76. The molecule has 0 saturated heterocycles. The van der Waals surface area contributed by atoms with E-state index in [1.54, 1.807) is 28.6 Å². The topological polar surface area (TPSA) is 138 Å². The van der Waals surface area contributed by atoms with E-state index in [-0.39, 0.29) is 28.8 Å². The lowest BCUT2D eigenvalue weighted by Crippen LogP contribution is -2.38. The Kier molecular flexibility index (Phi) is 6.82. The minimum Gasteiger partial charge on any atom is -0.384 e. The normalized spacial score (nSPS) is 17.7. The number of rotatable bonds is 6. The van der Waals surface area contributed by atoms with Crippen LogP contribution in [0, 0.1) is 17.1 Å². The van der Waals surface area contributed by atoms with Crippen molar-refractivity contribution in [3.05, 3.63) is 69.9 Å². The second-order valence-electron chi connectivity index (χ2n) is 7.89. The third-order valence-electron chi connectivity index (χ3n) is 5.71. The highest BCUT2D eigenvalue weighted by Crippen LogP contribution is 2.47. The van der Waals surface area contributed by atoms with Crippen LogP contribution in [-0.4, -0.2) is 32.6 Å². The highest BCUT2D eigenvalue weighted by atomic mass is 32.2. The number of allylic oxidation sites excluding steroid dienone is 3. The molecule has 2 aliphatic rings. The molecule has 0 radical (unpaired) electrons. The molecule has 36 heavy (non-hydrogen) atoms. The molecule has 3 aromatic rings. The molecule has 0 bridgehead atoms. The molecular weight excluding hydrogens is 521 g/mol. The number of thioether (sulfide) groups is 1. The van der Waals surface area contributed by atoms with Crippen molar-refractivity contribution >= 4 is 56.4 Å². The predicted molar refractivity (Wildman–Crippen MR) is 136 cm³/mol. The smallest absolute Gasteiger partial charge is 0.236 e. The van der Waals surface area contributed by atoms with Crippen LogP contribution in [0.2, 0.25) is 0 Å². The van der Waals surface area contributed by atoms with Gasteiger partial charge in [-0.05, 0) is 30.5 Å². The maximum absolute atomic E-state index is 13.6. The van der Waals surface area contributed by atoms with Gasteiger partial charge in [0.1, 0.15) is 11.6 Å². The Labute approximate surface area is 217 Å². The third kappa shape index (κ3) is 4.62. The maximum Gasteiger partial charge on any atom is 0.236 e. The summed E-state index contributed by atoms with van der Waals surface area (Å²) in [4.78, 5) is 31.0. The summed E-state index contributed by atoms with van der Waals surface area (Å²) in [6.45, 7) is 0. The number of nitrogens with two attached hydrogens (primary N) is 1.